The summed E-state index contributed by atoms with van der Waals surface area (Å²) < 4.78 is 4.77. The fourth-order valence-electron chi connectivity index (χ4n) is 1.75. The fourth-order valence-corrected chi connectivity index (χ4v) is 2.72. The molecule has 1 fully saturated rings. The number of esters is 1. The van der Waals surface area contributed by atoms with Crippen LogP contribution in [0, 0.1) is 0 Å². The second-order valence-corrected chi connectivity index (χ2v) is 5.24. The van der Waals surface area contributed by atoms with E-state index in [1.54, 1.807) is 19.1 Å². The number of hydrogen-bond acceptors (Lipinski definition) is 7. The van der Waals surface area contributed by atoms with E-state index in [0.29, 0.717) is 9.75 Å². The highest BCUT2D eigenvalue weighted by Gasteiger charge is 2.29. The number of rotatable bonds is 5. The van der Waals surface area contributed by atoms with Crippen LogP contribution in [-0.2, 0) is 20.9 Å². The molecule has 0 aliphatic carbocycles. The maximum absolute atomic E-state index is 11.6. The Kier molecular flexibility index (Phi) is 4.53. The standard InChI is InChI=1S/C12H13N3O5S/c1-2-20-11(17)10(14-19)8-4-3-7(21-8)6-15-9(16)5-13-12(15)18/h3-4,19H,2,5-6H2,1H3,(H,13,18). The predicted molar refractivity (Wildman–Crippen MR) is 73.2 cm³/mol. The smallest absolute Gasteiger partial charge is 0.361 e. The second kappa shape index (κ2) is 6.35. The van der Waals surface area contributed by atoms with Gasteiger partial charge in [0.2, 0.25) is 11.6 Å². The van der Waals surface area contributed by atoms with Crippen LogP contribution < -0.4 is 5.32 Å². The first kappa shape index (κ1) is 15.0. The Labute approximate surface area is 124 Å². The summed E-state index contributed by atoms with van der Waals surface area (Å²) >= 11 is 1.15. The first-order chi connectivity index (χ1) is 10.1. The van der Waals surface area contributed by atoms with Crippen molar-refractivity contribution in [3.8, 4) is 0 Å². The lowest BCUT2D eigenvalue weighted by Gasteiger charge is -2.10. The number of thiophene rings is 1. The first-order valence-corrected chi connectivity index (χ1v) is 6.95. The zero-order chi connectivity index (χ0) is 15.4. The molecule has 2 N–H and O–H groups in total. The van der Waals surface area contributed by atoms with E-state index < -0.39 is 12.0 Å². The van der Waals surface area contributed by atoms with E-state index in [4.69, 9.17) is 9.94 Å². The number of imide groups is 1. The Morgan fingerprint density at radius 3 is 2.86 bits per heavy atom. The summed E-state index contributed by atoms with van der Waals surface area (Å²) in [5, 5.41) is 14.3. The molecule has 0 bridgehead atoms. The average molecular weight is 311 g/mol. The molecule has 1 aliphatic heterocycles. The highest BCUT2D eigenvalue weighted by Crippen LogP contribution is 2.20. The molecular weight excluding hydrogens is 298 g/mol. The molecule has 0 spiro atoms. The Hall–Kier alpha value is -2.42. The number of urea groups is 1. The van der Waals surface area contributed by atoms with E-state index in [1.807, 2.05) is 0 Å². The van der Waals surface area contributed by atoms with Gasteiger partial charge in [-0.05, 0) is 19.1 Å². The Balaban J connectivity index is 2.12. The highest BCUT2D eigenvalue weighted by molar-refractivity contribution is 7.15. The van der Waals surface area contributed by atoms with Crippen LogP contribution in [0.25, 0.3) is 0 Å². The van der Waals surface area contributed by atoms with Gasteiger partial charge in [-0.3, -0.25) is 9.69 Å². The van der Waals surface area contributed by atoms with Crippen molar-refractivity contribution in [2.45, 2.75) is 13.5 Å². The summed E-state index contributed by atoms with van der Waals surface area (Å²) in [6, 6.07) is 2.78. The van der Waals surface area contributed by atoms with Crippen LogP contribution in [0.2, 0.25) is 0 Å². The molecule has 0 unspecified atom stereocenters. The van der Waals surface area contributed by atoms with Crippen LogP contribution in [0.4, 0.5) is 4.79 Å². The van der Waals surface area contributed by atoms with Gasteiger partial charge in [0.05, 0.1) is 24.6 Å². The van der Waals surface area contributed by atoms with Crippen LogP contribution in [0.5, 0.6) is 0 Å². The summed E-state index contributed by atoms with van der Waals surface area (Å²) in [6.45, 7) is 1.91. The van der Waals surface area contributed by atoms with Crippen LogP contribution in [0.1, 0.15) is 16.7 Å². The molecule has 1 aromatic rings. The lowest BCUT2D eigenvalue weighted by Crippen LogP contribution is -2.29. The molecule has 21 heavy (non-hydrogen) atoms. The molecule has 2 rings (SSSR count). The van der Waals surface area contributed by atoms with Crippen molar-refractivity contribution in [3.05, 3.63) is 21.9 Å². The van der Waals surface area contributed by atoms with Gasteiger partial charge in [-0.1, -0.05) is 5.16 Å². The van der Waals surface area contributed by atoms with Gasteiger partial charge in [-0.25, -0.2) is 9.59 Å². The lowest BCUT2D eigenvalue weighted by molar-refractivity contribution is -0.135. The molecular formula is C12H13N3O5S. The van der Waals surface area contributed by atoms with Crippen molar-refractivity contribution < 1.29 is 24.3 Å². The first-order valence-electron chi connectivity index (χ1n) is 6.13. The molecule has 0 aromatic carbocycles. The van der Waals surface area contributed by atoms with Gasteiger partial charge >= 0.3 is 12.0 Å². The molecule has 0 atom stereocenters. The largest absolute Gasteiger partial charge is 0.461 e. The third-order valence-electron chi connectivity index (χ3n) is 2.71. The van der Waals surface area contributed by atoms with Crippen molar-refractivity contribution in [2.75, 3.05) is 13.2 Å². The predicted octanol–water partition coefficient (Wildman–Crippen LogP) is 0.541. The summed E-state index contributed by atoms with van der Waals surface area (Å²) in [6.07, 6.45) is 0. The molecule has 0 radical (unpaired) electrons. The monoisotopic (exact) mass is 311 g/mol. The minimum Gasteiger partial charge on any atom is -0.461 e. The Bertz CT molecular complexity index is 594. The minimum atomic E-state index is -0.733. The number of oxime groups is 1. The van der Waals surface area contributed by atoms with Crippen LogP contribution >= 0.6 is 11.3 Å². The van der Waals surface area contributed by atoms with Gasteiger partial charge in [-0.2, -0.15) is 0 Å². The van der Waals surface area contributed by atoms with Crippen LogP contribution in [-0.4, -0.2) is 46.9 Å². The minimum absolute atomic E-state index is 0.0107. The quantitative estimate of drug-likeness (QED) is 0.271. The molecule has 1 aromatic heterocycles. The van der Waals surface area contributed by atoms with E-state index >= 15 is 0 Å². The fraction of sp³-hybridized carbons (Fsp3) is 0.333. The number of nitrogens with zero attached hydrogens (tertiary/aromatic N) is 2. The lowest BCUT2D eigenvalue weighted by atomic mass is 10.3. The van der Waals surface area contributed by atoms with Gasteiger partial charge in [-0.15, -0.1) is 11.3 Å². The van der Waals surface area contributed by atoms with Gasteiger partial charge in [0.1, 0.15) is 0 Å². The summed E-state index contributed by atoms with van der Waals surface area (Å²) in [7, 11) is 0. The number of carbonyl (C=O) groups excluding carboxylic acids is 3. The van der Waals surface area contributed by atoms with E-state index in [0.717, 1.165) is 16.2 Å². The number of carbonyl (C=O) groups is 3. The number of ether oxygens (including phenoxy) is 1. The van der Waals surface area contributed by atoms with Crippen molar-refractivity contribution in [1.82, 2.24) is 10.2 Å². The van der Waals surface area contributed by atoms with Crippen molar-refractivity contribution in [3.63, 3.8) is 0 Å². The molecule has 1 aliphatic rings. The molecule has 1 saturated heterocycles. The van der Waals surface area contributed by atoms with Crippen molar-refractivity contribution in [2.24, 2.45) is 5.16 Å². The van der Waals surface area contributed by atoms with E-state index in [-0.39, 0.29) is 31.3 Å². The SMILES string of the molecule is CCOC(=O)C(=NO)c1ccc(CN2C(=O)CNC2=O)s1. The molecule has 9 heteroatoms. The molecule has 8 nitrogen and oxygen atoms in total. The van der Waals surface area contributed by atoms with Crippen molar-refractivity contribution in [1.29, 1.82) is 0 Å². The summed E-state index contributed by atoms with van der Waals surface area (Å²) in [5.74, 6) is -1.04. The zero-order valence-electron chi connectivity index (χ0n) is 11.2. The molecule has 0 saturated carbocycles. The number of amides is 3. The molecule has 112 valence electrons. The third kappa shape index (κ3) is 3.19. The van der Waals surface area contributed by atoms with Crippen LogP contribution in [0.3, 0.4) is 0 Å². The zero-order valence-corrected chi connectivity index (χ0v) is 12.0. The topological polar surface area (TPSA) is 108 Å². The highest BCUT2D eigenvalue weighted by atomic mass is 32.1. The molecule has 3 amide bonds. The van der Waals surface area contributed by atoms with E-state index in [2.05, 4.69) is 10.5 Å². The normalized spacial score (nSPS) is 15.3. The second-order valence-electron chi connectivity index (χ2n) is 4.07. The van der Waals surface area contributed by atoms with Gasteiger partial charge < -0.3 is 15.3 Å². The van der Waals surface area contributed by atoms with Gasteiger partial charge in [0, 0.05) is 4.88 Å². The Morgan fingerprint density at radius 2 is 2.29 bits per heavy atom. The maximum atomic E-state index is 11.6. The summed E-state index contributed by atoms with van der Waals surface area (Å²) in [4.78, 5) is 36.7. The third-order valence-corrected chi connectivity index (χ3v) is 3.79. The van der Waals surface area contributed by atoms with E-state index in [9.17, 15) is 14.4 Å². The summed E-state index contributed by atoms with van der Waals surface area (Å²) in [5.41, 5.74) is -0.203. The number of nitrogens with one attached hydrogen (secondary N) is 1. The van der Waals surface area contributed by atoms with E-state index in [1.165, 1.54) is 0 Å². The Morgan fingerprint density at radius 1 is 1.52 bits per heavy atom. The van der Waals surface area contributed by atoms with Gasteiger partial charge in [0.15, 0.2) is 0 Å². The van der Waals surface area contributed by atoms with Crippen LogP contribution in [0.15, 0.2) is 17.3 Å². The maximum Gasteiger partial charge on any atom is 0.361 e. The van der Waals surface area contributed by atoms with Crippen molar-refractivity contribution >= 4 is 35.0 Å². The number of hydrogen-bond donors (Lipinski definition) is 2. The average Bonchev–Trinajstić information content (AvgIpc) is 3.02. The van der Waals surface area contributed by atoms with Gasteiger partial charge in [0.25, 0.3) is 0 Å². The molecule has 2 heterocycles.